The number of rotatable bonds is 6. The number of alkyl halides is 3. The highest BCUT2D eigenvalue weighted by atomic mass is 35.6. The third-order valence-electron chi connectivity index (χ3n) is 3.18. The summed E-state index contributed by atoms with van der Waals surface area (Å²) in [6.45, 7) is 5.36. The normalized spacial score (nSPS) is 13.2. The molecule has 10 heteroatoms. The predicted octanol–water partition coefficient (Wildman–Crippen LogP) is 4.07. The molecule has 156 valence electrons. The predicted molar refractivity (Wildman–Crippen MR) is 113 cm³/mol. The number of carbonyl (C=O) groups excluding carboxylic acids is 1. The van der Waals surface area contributed by atoms with Gasteiger partial charge in [-0.25, -0.2) is 9.79 Å². The Labute approximate surface area is 179 Å². The fourth-order valence-electron chi connectivity index (χ4n) is 1.69. The first-order chi connectivity index (χ1) is 12.9. The van der Waals surface area contributed by atoms with Gasteiger partial charge in [0.25, 0.3) is 0 Å². The molecule has 1 aromatic rings. The Bertz CT molecular complexity index is 726. The molecule has 0 aliphatic heterocycles. The van der Waals surface area contributed by atoms with Crippen molar-refractivity contribution < 1.29 is 19.4 Å². The molecule has 0 saturated heterocycles. The first-order valence-electron chi connectivity index (χ1n) is 8.31. The minimum atomic E-state index is -1.73. The van der Waals surface area contributed by atoms with Gasteiger partial charge in [-0.05, 0) is 12.1 Å². The monoisotopic (exact) mass is 451 g/mol. The average molecular weight is 453 g/mol. The van der Waals surface area contributed by atoms with Crippen LogP contribution in [0.3, 0.4) is 0 Å². The van der Waals surface area contributed by atoms with Crippen LogP contribution < -0.4 is 15.8 Å². The van der Waals surface area contributed by atoms with E-state index in [0.29, 0.717) is 17.1 Å². The van der Waals surface area contributed by atoms with Crippen molar-refractivity contribution in [2.24, 2.45) is 16.1 Å². The summed E-state index contributed by atoms with van der Waals surface area (Å²) in [5, 5.41) is 11.3. The fraction of sp³-hybridized carbons (Fsp3) is 0.444. The topological polar surface area (TPSA) is 106 Å². The molecule has 0 radical (unpaired) electrons. The molecule has 7 nitrogen and oxygen atoms in total. The van der Waals surface area contributed by atoms with E-state index in [4.69, 9.17) is 55.1 Å². The lowest BCUT2D eigenvalue weighted by atomic mass is 9.92. The third kappa shape index (κ3) is 10.0. The number of nitrogens with two attached hydrogens (primary N) is 1. The molecular formula is C18H24Cl3N3O4. The summed E-state index contributed by atoms with van der Waals surface area (Å²) in [6, 6.07) is 6.80. The molecule has 0 unspecified atom stereocenters. The summed E-state index contributed by atoms with van der Waals surface area (Å²) in [5.74, 6) is 0.655. The number of nitrogens with zero attached hydrogens (tertiary/aromatic N) is 1. The van der Waals surface area contributed by atoms with Crippen LogP contribution in [0.15, 0.2) is 41.0 Å². The lowest BCUT2D eigenvalue weighted by Crippen LogP contribution is -2.33. The maximum Gasteiger partial charge on any atom is 0.412 e. The maximum atomic E-state index is 12.0. The number of nitrogens with one attached hydrogen (secondary N) is 1. The van der Waals surface area contributed by atoms with E-state index < -0.39 is 16.5 Å². The molecule has 0 fully saturated rings. The summed E-state index contributed by atoms with van der Waals surface area (Å²) in [4.78, 5) is 16.4. The van der Waals surface area contributed by atoms with Gasteiger partial charge in [-0.1, -0.05) is 61.6 Å². The molecule has 28 heavy (non-hydrogen) atoms. The van der Waals surface area contributed by atoms with Crippen LogP contribution in [-0.2, 0) is 4.74 Å². The zero-order chi connectivity index (χ0) is 21.4. The van der Waals surface area contributed by atoms with Gasteiger partial charge in [-0.3, -0.25) is 5.32 Å². The Hall–Kier alpha value is -1.67. The second kappa shape index (κ2) is 10.8. The van der Waals surface area contributed by atoms with Crippen molar-refractivity contribution >= 4 is 52.4 Å². The molecule has 4 N–H and O–H groups in total. The van der Waals surface area contributed by atoms with Crippen molar-refractivity contribution in [3.63, 3.8) is 0 Å². The van der Waals surface area contributed by atoms with E-state index >= 15 is 0 Å². The summed E-state index contributed by atoms with van der Waals surface area (Å²) in [6.07, 6.45) is 0.674. The van der Waals surface area contributed by atoms with Gasteiger partial charge in [0.05, 0.1) is 12.3 Å². The SMILES string of the molecule is CC(C)(C)/C(N)=C/C(=Nc1cccc(OCCO)c1)NC(=O)OCC(Cl)(Cl)Cl. The van der Waals surface area contributed by atoms with E-state index in [-0.39, 0.29) is 24.5 Å². The number of aliphatic imine (C=N–C) groups is 1. The summed E-state index contributed by atoms with van der Waals surface area (Å²) < 4.78 is 8.50. The third-order valence-corrected chi connectivity index (χ3v) is 3.51. The van der Waals surface area contributed by atoms with Crippen LogP contribution in [0.2, 0.25) is 0 Å². The number of halogens is 3. The maximum absolute atomic E-state index is 12.0. The van der Waals surface area contributed by atoms with E-state index in [1.165, 1.54) is 6.08 Å². The lowest BCUT2D eigenvalue weighted by Gasteiger charge is -2.19. The van der Waals surface area contributed by atoms with Gasteiger partial charge >= 0.3 is 6.09 Å². The number of carbonyl (C=O) groups is 1. The molecule has 0 aliphatic rings. The van der Waals surface area contributed by atoms with Gasteiger partial charge < -0.3 is 20.3 Å². The Balaban J connectivity index is 3.10. The number of aliphatic hydroxyl groups excluding tert-OH is 1. The number of ether oxygens (including phenoxy) is 2. The molecule has 1 amide bonds. The van der Waals surface area contributed by atoms with Gasteiger partial charge in [0.15, 0.2) is 0 Å². The molecular weight excluding hydrogens is 429 g/mol. The van der Waals surface area contributed by atoms with Crippen LogP contribution in [0.5, 0.6) is 5.75 Å². The van der Waals surface area contributed by atoms with Crippen molar-refractivity contribution in [2.45, 2.75) is 24.6 Å². The van der Waals surface area contributed by atoms with E-state index in [0.717, 1.165) is 0 Å². The molecule has 0 aromatic heterocycles. The Morgan fingerprint density at radius 2 is 2.00 bits per heavy atom. The molecule has 0 aliphatic carbocycles. The number of alkyl carbamates (subject to hydrolysis) is 1. The quantitative estimate of drug-likeness (QED) is 0.343. The number of hydrogen-bond donors (Lipinski definition) is 3. The zero-order valence-corrected chi connectivity index (χ0v) is 18.1. The van der Waals surface area contributed by atoms with E-state index in [1.54, 1.807) is 24.3 Å². The highest BCUT2D eigenvalue weighted by Gasteiger charge is 2.22. The molecule has 0 atom stereocenters. The van der Waals surface area contributed by atoms with Gasteiger partial charge in [0.1, 0.15) is 24.8 Å². The molecule has 0 saturated carbocycles. The van der Waals surface area contributed by atoms with Gasteiger partial charge in [-0.2, -0.15) is 0 Å². The van der Waals surface area contributed by atoms with Crippen LogP contribution >= 0.6 is 34.8 Å². The number of allylic oxidation sites excluding steroid dienone is 1. The van der Waals surface area contributed by atoms with Gasteiger partial charge in [0.2, 0.25) is 3.79 Å². The van der Waals surface area contributed by atoms with Crippen LogP contribution in [0.1, 0.15) is 20.8 Å². The van der Waals surface area contributed by atoms with Crippen molar-refractivity contribution in [2.75, 3.05) is 19.8 Å². The Morgan fingerprint density at radius 1 is 1.32 bits per heavy atom. The van der Waals surface area contributed by atoms with Crippen LogP contribution in [0, 0.1) is 5.41 Å². The second-order valence-electron chi connectivity index (χ2n) is 6.73. The first-order valence-corrected chi connectivity index (χ1v) is 9.44. The minimum Gasteiger partial charge on any atom is -0.491 e. The largest absolute Gasteiger partial charge is 0.491 e. The number of amidine groups is 1. The van der Waals surface area contributed by atoms with Crippen LogP contribution in [-0.4, -0.2) is 40.6 Å². The lowest BCUT2D eigenvalue weighted by molar-refractivity contribution is 0.154. The molecule has 1 rings (SSSR count). The highest BCUT2D eigenvalue weighted by Crippen LogP contribution is 2.26. The van der Waals surface area contributed by atoms with Gasteiger partial charge in [0, 0.05) is 23.3 Å². The highest BCUT2D eigenvalue weighted by molar-refractivity contribution is 6.67. The standard InChI is InChI=1S/C18H24Cl3N3O4/c1-17(2,3)14(22)10-15(24-16(26)28-11-18(19,20)21)23-12-5-4-6-13(9-12)27-8-7-25/h4-6,9-10,25H,7-8,11,22H2,1-3H3,(H,23,24,26)/b14-10-. The minimum absolute atomic E-state index is 0.111. The number of benzene rings is 1. The van der Waals surface area contributed by atoms with Crippen LogP contribution in [0.25, 0.3) is 0 Å². The van der Waals surface area contributed by atoms with E-state index in [9.17, 15) is 4.79 Å². The average Bonchev–Trinajstić information content (AvgIpc) is 2.57. The zero-order valence-electron chi connectivity index (χ0n) is 15.8. The molecule has 0 spiro atoms. The number of amides is 1. The summed E-state index contributed by atoms with van der Waals surface area (Å²) in [5.41, 5.74) is 6.72. The van der Waals surface area contributed by atoms with Crippen molar-refractivity contribution in [3.05, 3.63) is 36.0 Å². The van der Waals surface area contributed by atoms with Crippen molar-refractivity contribution in [1.82, 2.24) is 5.32 Å². The second-order valence-corrected chi connectivity index (χ2v) is 9.25. The van der Waals surface area contributed by atoms with Crippen LogP contribution in [0.4, 0.5) is 10.5 Å². The van der Waals surface area contributed by atoms with E-state index in [1.807, 2.05) is 20.8 Å². The van der Waals surface area contributed by atoms with Gasteiger partial charge in [-0.15, -0.1) is 0 Å². The number of hydrogen-bond acceptors (Lipinski definition) is 6. The van der Waals surface area contributed by atoms with E-state index in [2.05, 4.69) is 10.3 Å². The fourth-order valence-corrected chi connectivity index (χ4v) is 1.86. The first kappa shape index (κ1) is 24.4. The molecule has 1 aromatic carbocycles. The summed E-state index contributed by atoms with van der Waals surface area (Å²) in [7, 11) is 0. The molecule has 0 heterocycles. The molecule has 0 bridgehead atoms. The Kier molecular flexibility index (Phi) is 9.36. The van der Waals surface area contributed by atoms with Crippen molar-refractivity contribution in [3.8, 4) is 5.75 Å². The smallest absolute Gasteiger partial charge is 0.412 e. The Morgan fingerprint density at radius 3 is 2.57 bits per heavy atom. The summed E-state index contributed by atoms with van der Waals surface area (Å²) >= 11 is 16.7. The number of aliphatic hydroxyl groups is 1. The van der Waals surface area contributed by atoms with Crippen molar-refractivity contribution in [1.29, 1.82) is 0 Å².